The van der Waals surface area contributed by atoms with E-state index in [2.05, 4.69) is 24.4 Å². The van der Waals surface area contributed by atoms with E-state index in [9.17, 15) is 4.79 Å². The van der Waals surface area contributed by atoms with Crippen molar-refractivity contribution in [3.05, 3.63) is 71.3 Å². The van der Waals surface area contributed by atoms with E-state index < -0.39 is 0 Å². The second-order valence-electron chi connectivity index (χ2n) is 4.99. The first-order valence-corrected chi connectivity index (χ1v) is 6.82. The third kappa shape index (κ3) is 3.93. The molecule has 0 fully saturated rings. The molecule has 1 unspecified atom stereocenters. The van der Waals surface area contributed by atoms with Gasteiger partial charge in [-0.2, -0.15) is 0 Å². The Labute approximate surface area is 119 Å². The molecule has 3 nitrogen and oxygen atoms in total. The van der Waals surface area contributed by atoms with Crippen LogP contribution in [0.25, 0.3) is 0 Å². The Morgan fingerprint density at radius 2 is 1.75 bits per heavy atom. The molecule has 2 aromatic carbocycles. The van der Waals surface area contributed by atoms with E-state index in [0.717, 1.165) is 12.0 Å². The van der Waals surface area contributed by atoms with Crippen LogP contribution in [0.3, 0.4) is 0 Å². The van der Waals surface area contributed by atoms with Crippen molar-refractivity contribution in [3.8, 4) is 0 Å². The molecule has 0 spiro atoms. The van der Waals surface area contributed by atoms with Gasteiger partial charge in [-0.25, -0.2) is 0 Å². The minimum Gasteiger partial charge on any atom is -0.366 e. The van der Waals surface area contributed by atoms with Crippen LogP contribution in [-0.2, 0) is 13.0 Å². The van der Waals surface area contributed by atoms with Crippen LogP contribution in [-0.4, -0.2) is 11.9 Å². The smallest absolute Gasteiger partial charge is 0.249 e. The van der Waals surface area contributed by atoms with Crippen LogP contribution in [0.2, 0.25) is 0 Å². The number of nitrogens with one attached hydrogen (secondary N) is 1. The SMILES string of the molecule is CC(Cc1ccccc1)NCc1ccccc1C(N)=O. The molecule has 0 radical (unpaired) electrons. The van der Waals surface area contributed by atoms with Gasteiger partial charge in [-0.1, -0.05) is 48.5 Å². The molecule has 3 N–H and O–H groups in total. The molecule has 3 heteroatoms. The molecule has 0 saturated carbocycles. The topological polar surface area (TPSA) is 55.1 Å². The number of primary amides is 1. The molecule has 2 rings (SSSR count). The van der Waals surface area contributed by atoms with Crippen molar-refractivity contribution in [1.82, 2.24) is 5.32 Å². The maximum absolute atomic E-state index is 11.4. The minimum absolute atomic E-state index is 0.332. The van der Waals surface area contributed by atoms with Crippen LogP contribution in [0.5, 0.6) is 0 Å². The van der Waals surface area contributed by atoms with Gasteiger partial charge in [-0.3, -0.25) is 4.79 Å². The van der Waals surface area contributed by atoms with Crippen LogP contribution in [0.1, 0.15) is 28.4 Å². The predicted octanol–water partition coefficient (Wildman–Crippen LogP) is 2.51. The molecule has 1 amide bonds. The number of hydrogen-bond donors (Lipinski definition) is 2. The van der Waals surface area contributed by atoms with Crippen LogP contribution in [0.4, 0.5) is 0 Å². The number of amides is 1. The van der Waals surface area contributed by atoms with Crippen molar-refractivity contribution in [2.45, 2.75) is 25.9 Å². The number of nitrogens with two attached hydrogens (primary N) is 1. The van der Waals surface area contributed by atoms with Gasteiger partial charge in [0.2, 0.25) is 5.91 Å². The highest BCUT2D eigenvalue weighted by Gasteiger charge is 2.08. The molecule has 20 heavy (non-hydrogen) atoms. The van der Waals surface area contributed by atoms with Gasteiger partial charge >= 0.3 is 0 Å². The van der Waals surface area contributed by atoms with Gasteiger partial charge in [0.15, 0.2) is 0 Å². The van der Waals surface area contributed by atoms with Crippen molar-refractivity contribution >= 4 is 5.91 Å². The summed E-state index contributed by atoms with van der Waals surface area (Å²) in [6, 6.07) is 18.1. The average molecular weight is 268 g/mol. The van der Waals surface area contributed by atoms with Crippen LogP contribution in [0, 0.1) is 0 Å². The number of hydrogen-bond acceptors (Lipinski definition) is 2. The van der Waals surface area contributed by atoms with E-state index >= 15 is 0 Å². The fourth-order valence-electron chi connectivity index (χ4n) is 2.24. The van der Waals surface area contributed by atoms with Gasteiger partial charge in [0.1, 0.15) is 0 Å². The molecule has 0 bridgehead atoms. The maximum atomic E-state index is 11.4. The monoisotopic (exact) mass is 268 g/mol. The first-order valence-electron chi connectivity index (χ1n) is 6.82. The van der Waals surface area contributed by atoms with Gasteiger partial charge in [0, 0.05) is 18.2 Å². The highest BCUT2D eigenvalue weighted by atomic mass is 16.1. The van der Waals surface area contributed by atoms with E-state index in [4.69, 9.17) is 5.73 Å². The van der Waals surface area contributed by atoms with Crippen molar-refractivity contribution in [2.75, 3.05) is 0 Å². The van der Waals surface area contributed by atoms with E-state index in [0.29, 0.717) is 18.2 Å². The van der Waals surface area contributed by atoms with Crippen LogP contribution < -0.4 is 11.1 Å². The quantitative estimate of drug-likeness (QED) is 0.845. The van der Waals surface area contributed by atoms with Gasteiger partial charge in [-0.15, -0.1) is 0 Å². The lowest BCUT2D eigenvalue weighted by Gasteiger charge is -2.15. The zero-order chi connectivity index (χ0) is 14.4. The number of carbonyl (C=O) groups is 1. The van der Waals surface area contributed by atoms with E-state index in [1.165, 1.54) is 5.56 Å². The molecule has 0 aromatic heterocycles. The fourth-order valence-corrected chi connectivity index (χ4v) is 2.24. The molecule has 104 valence electrons. The molecule has 0 saturated heterocycles. The summed E-state index contributed by atoms with van der Waals surface area (Å²) in [6.07, 6.45) is 0.958. The Kier molecular flexibility index (Phi) is 4.91. The third-order valence-corrected chi connectivity index (χ3v) is 3.31. The highest BCUT2D eigenvalue weighted by molar-refractivity contribution is 5.94. The van der Waals surface area contributed by atoms with Gasteiger partial charge < -0.3 is 11.1 Å². The minimum atomic E-state index is -0.377. The summed E-state index contributed by atoms with van der Waals surface area (Å²) < 4.78 is 0. The van der Waals surface area contributed by atoms with Crippen molar-refractivity contribution in [2.24, 2.45) is 5.73 Å². The highest BCUT2D eigenvalue weighted by Crippen LogP contribution is 2.09. The number of rotatable bonds is 6. The van der Waals surface area contributed by atoms with Gasteiger partial charge in [0.05, 0.1) is 0 Å². The Balaban J connectivity index is 1.94. The fraction of sp³-hybridized carbons (Fsp3) is 0.235. The molecule has 0 aliphatic carbocycles. The second kappa shape index (κ2) is 6.87. The molecule has 0 heterocycles. The van der Waals surface area contributed by atoms with Crippen molar-refractivity contribution in [1.29, 1.82) is 0 Å². The van der Waals surface area contributed by atoms with Crippen molar-refractivity contribution < 1.29 is 4.79 Å². The lowest BCUT2D eigenvalue weighted by molar-refractivity contribution is 0.0999. The largest absolute Gasteiger partial charge is 0.366 e. The molecule has 0 aliphatic rings. The van der Waals surface area contributed by atoms with Crippen LogP contribution >= 0.6 is 0 Å². The second-order valence-corrected chi connectivity index (χ2v) is 4.99. The summed E-state index contributed by atoms with van der Waals surface area (Å²) in [4.78, 5) is 11.4. The van der Waals surface area contributed by atoms with Crippen molar-refractivity contribution in [3.63, 3.8) is 0 Å². The number of benzene rings is 2. The Morgan fingerprint density at radius 3 is 2.45 bits per heavy atom. The van der Waals surface area contributed by atoms with Gasteiger partial charge in [0.25, 0.3) is 0 Å². The lowest BCUT2D eigenvalue weighted by Crippen LogP contribution is -2.28. The Bertz CT molecular complexity index is 566. The molecular weight excluding hydrogens is 248 g/mol. The summed E-state index contributed by atoms with van der Waals surface area (Å²) in [5.74, 6) is -0.377. The molecule has 2 aromatic rings. The molecular formula is C17H20N2O. The summed E-state index contributed by atoms with van der Waals surface area (Å²) in [6.45, 7) is 2.78. The average Bonchev–Trinajstić information content (AvgIpc) is 2.46. The molecule has 1 atom stereocenters. The van der Waals surface area contributed by atoms with E-state index in [1.807, 2.05) is 36.4 Å². The number of carbonyl (C=O) groups excluding carboxylic acids is 1. The zero-order valence-corrected chi connectivity index (χ0v) is 11.7. The molecule has 0 aliphatic heterocycles. The third-order valence-electron chi connectivity index (χ3n) is 3.31. The van der Waals surface area contributed by atoms with Gasteiger partial charge in [-0.05, 0) is 30.5 Å². The summed E-state index contributed by atoms with van der Waals surface area (Å²) in [5.41, 5.74) is 8.21. The van der Waals surface area contributed by atoms with E-state index in [1.54, 1.807) is 6.07 Å². The lowest BCUT2D eigenvalue weighted by atomic mass is 10.0. The summed E-state index contributed by atoms with van der Waals surface area (Å²) >= 11 is 0. The first-order chi connectivity index (χ1) is 9.66. The van der Waals surface area contributed by atoms with Crippen LogP contribution in [0.15, 0.2) is 54.6 Å². The normalized spacial score (nSPS) is 12.1. The zero-order valence-electron chi connectivity index (χ0n) is 11.7. The standard InChI is InChI=1S/C17H20N2O/c1-13(11-14-7-3-2-4-8-14)19-12-15-9-5-6-10-16(15)17(18)20/h2-10,13,19H,11-12H2,1H3,(H2,18,20). The van der Waals surface area contributed by atoms with E-state index in [-0.39, 0.29) is 5.91 Å². The summed E-state index contributed by atoms with van der Waals surface area (Å²) in [5, 5.41) is 3.43. The predicted molar refractivity (Wildman–Crippen MR) is 81.4 cm³/mol. The first kappa shape index (κ1) is 14.3. The maximum Gasteiger partial charge on any atom is 0.249 e. The Morgan fingerprint density at radius 1 is 1.10 bits per heavy atom. The Hall–Kier alpha value is -2.13. The summed E-state index contributed by atoms with van der Waals surface area (Å²) in [7, 11) is 0.